The topological polar surface area (TPSA) is 78.9 Å². The van der Waals surface area contributed by atoms with E-state index in [9.17, 15) is 14.4 Å². The standard InChI is InChI=1S/C65H102O6/c1-4-7-10-13-16-19-22-25-27-29-31-32-34-35-37-40-43-46-49-52-55-58-64(67)70-61-62(60-69-63(66)57-54-51-48-45-42-39-24-21-18-15-12-9-6-3)71-65(68)59-56-53-50-47-44-41-38-36-33-30-28-26-23-20-17-14-11-8-5-2/h7-12,16-21,25-28,31-33,35-37,39,42,62H,4-6,13-15,22-24,29-30,34,38,40-41,43-61H2,1-3H3/b10-7-,11-8-,12-9-,19-16-,20-17-,21-18-,27-25-,28-26-,32-31-,36-33-,37-35-,42-39-. The van der Waals surface area contributed by atoms with Crippen LogP contribution in [0.15, 0.2) is 146 Å². The first-order chi connectivity index (χ1) is 35.0. The van der Waals surface area contributed by atoms with Crippen LogP contribution in [0, 0.1) is 0 Å². The maximum atomic E-state index is 12.9. The smallest absolute Gasteiger partial charge is 0.306 e. The van der Waals surface area contributed by atoms with Crippen LogP contribution in [0.1, 0.15) is 226 Å². The normalized spacial score (nSPS) is 13.2. The van der Waals surface area contributed by atoms with Crippen LogP contribution in [-0.4, -0.2) is 37.2 Å². The molecule has 0 bridgehead atoms. The van der Waals surface area contributed by atoms with Crippen LogP contribution in [0.5, 0.6) is 0 Å². The van der Waals surface area contributed by atoms with Crippen molar-refractivity contribution in [2.24, 2.45) is 0 Å². The largest absolute Gasteiger partial charge is 0.462 e. The summed E-state index contributed by atoms with van der Waals surface area (Å²) in [6.45, 7) is 6.23. The van der Waals surface area contributed by atoms with Gasteiger partial charge in [0.05, 0.1) is 0 Å². The number of hydrogen-bond acceptors (Lipinski definition) is 6. The fraction of sp³-hybridized carbons (Fsp3) is 0.585. The zero-order valence-corrected chi connectivity index (χ0v) is 45.4. The number of rotatable bonds is 49. The van der Waals surface area contributed by atoms with Gasteiger partial charge in [-0.2, -0.15) is 0 Å². The molecule has 1 atom stereocenters. The second-order valence-corrected chi connectivity index (χ2v) is 18.0. The van der Waals surface area contributed by atoms with Crippen LogP contribution in [0.2, 0.25) is 0 Å². The summed E-state index contributed by atoms with van der Waals surface area (Å²) in [4.78, 5) is 38.2. The van der Waals surface area contributed by atoms with Crippen LogP contribution < -0.4 is 0 Å². The molecule has 0 heterocycles. The zero-order valence-electron chi connectivity index (χ0n) is 45.4. The summed E-state index contributed by atoms with van der Waals surface area (Å²) >= 11 is 0. The zero-order chi connectivity index (χ0) is 51.4. The van der Waals surface area contributed by atoms with E-state index in [1.54, 1.807) is 0 Å². The van der Waals surface area contributed by atoms with Crippen molar-refractivity contribution in [3.8, 4) is 0 Å². The lowest BCUT2D eigenvalue weighted by Crippen LogP contribution is -2.30. The van der Waals surface area contributed by atoms with Gasteiger partial charge in [0, 0.05) is 19.3 Å². The molecular formula is C65H102O6. The van der Waals surface area contributed by atoms with Crippen molar-refractivity contribution < 1.29 is 28.6 Å². The Balaban J connectivity index is 4.49. The monoisotopic (exact) mass is 979 g/mol. The first-order valence-corrected chi connectivity index (χ1v) is 28.3. The molecule has 6 heteroatoms. The third-order valence-electron chi connectivity index (χ3n) is 11.3. The van der Waals surface area contributed by atoms with Gasteiger partial charge in [-0.1, -0.05) is 218 Å². The van der Waals surface area contributed by atoms with Gasteiger partial charge >= 0.3 is 17.9 Å². The molecule has 0 fully saturated rings. The van der Waals surface area contributed by atoms with Crippen molar-refractivity contribution in [1.82, 2.24) is 0 Å². The first-order valence-electron chi connectivity index (χ1n) is 28.3. The van der Waals surface area contributed by atoms with Gasteiger partial charge in [0.25, 0.3) is 0 Å². The van der Waals surface area contributed by atoms with Gasteiger partial charge < -0.3 is 14.2 Å². The van der Waals surface area contributed by atoms with E-state index in [2.05, 4.69) is 167 Å². The summed E-state index contributed by atoms with van der Waals surface area (Å²) in [5, 5.41) is 0. The second-order valence-electron chi connectivity index (χ2n) is 18.0. The average molecular weight is 980 g/mol. The third kappa shape index (κ3) is 56.1. The molecule has 71 heavy (non-hydrogen) atoms. The van der Waals surface area contributed by atoms with Gasteiger partial charge in [-0.3, -0.25) is 14.4 Å². The van der Waals surface area contributed by atoms with E-state index >= 15 is 0 Å². The fourth-order valence-corrected chi connectivity index (χ4v) is 7.18. The lowest BCUT2D eigenvalue weighted by molar-refractivity contribution is -0.167. The summed E-state index contributed by atoms with van der Waals surface area (Å²) in [5.41, 5.74) is 0. The van der Waals surface area contributed by atoms with Gasteiger partial charge in [0.15, 0.2) is 6.10 Å². The predicted octanol–water partition coefficient (Wildman–Crippen LogP) is 19.2. The number of esters is 3. The van der Waals surface area contributed by atoms with E-state index in [-0.39, 0.29) is 31.1 Å². The quantitative estimate of drug-likeness (QED) is 0.0262. The van der Waals surface area contributed by atoms with Crippen molar-refractivity contribution in [3.63, 3.8) is 0 Å². The Morgan fingerprint density at radius 1 is 0.282 bits per heavy atom. The van der Waals surface area contributed by atoms with E-state index in [0.29, 0.717) is 19.3 Å². The molecule has 0 aromatic carbocycles. The molecule has 6 nitrogen and oxygen atoms in total. The molecule has 0 rings (SSSR count). The van der Waals surface area contributed by atoms with Crippen molar-refractivity contribution in [2.45, 2.75) is 232 Å². The van der Waals surface area contributed by atoms with Gasteiger partial charge in [-0.25, -0.2) is 0 Å². The minimum absolute atomic E-state index is 0.110. The maximum absolute atomic E-state index is 12.9. The lowest BCUT2D eigenvalue weighted by atomic mass is 10.1. The summed E-state index contributed by atoms with van der Waals surface area (Å²) in [5.74, 6) is -0.978. The summed E-state index contributed by atoms with van der Waals surface area (Å²) < 4.78 is 16.8. The Bertz CT molecular complexity index is 1590. The Morgan fingerprint density at radius 3 is 0.803 bits per heavy atom. The molecule has 0 aliphatic carbocycles. The molecule has 1 unspecified atom stereocenters. The fourth-order valence-electron chi connectivity index (χ4n) is 7.18. The van der Waals surface area contributed by atoms with E-state index in [4.69, 9.17) is 14.2 Å². The van der Waals surface area contributed by atoms with Crippen LogP contribution in [-0.2, 0) is 28.6 Å². The Labute approximate surface area is 436 Å². The van der Waals surface area contributed by atoms with Gasteiger partial charge in [0.2, 0.25) is 0 Å². The van der Waals surface area contributed by atoms with E-state index in [1.165, 1.54) is 12.8 Å². The SMILES string of the molecule is CC/C=C\C/C=C\C/C=C\C/C=C\C/C=C\CCCCCCCC(=O)OCC(COC(=O)CCCCC/C=C\C/C=C\C/C=C\CC)OC(=O)CCCCCCCC/C=C\C/C=C\C/C=C\C/C=C\CC. The highest BCUT2D eigenvalue weighted by Crippen LogP contribution is 2.13. The minimum Gasteiger partial charge on any atom is -0.462 e. The third-order valence-corrected chi connectivity index (χ3v) is 11.3. The first kappa shape index (κ1) is 66.3. The van der Waals surface area contributed by atoms with Gasteiger partial charge in [0.1, 0.15) is 13.2 Å². The number of ether oxygens (including phenoxy) is 3. The Hall–Kier alpha value is -4.71. The minimum atomic E-state index is -0.813. The summed E-state index contributed by atoms with van der Waals surface area (Å²) in [7, 11) is 0. The van der Waals surface area contributed by atoms with E-state index < -0.39 is 6.10 Å². The van der Waals surface area contributed by atoms with E-state index in [1.807, 2.05) is 0 Å². The van der Waals surface area contributed by atoms with Crippen LogP contribution in [0.3, 0.4) is 0 Å². The van der Waals surface area contributed by atoms with Crippen LogP contribution >= 0.6 is 0 Å². The lowest BCUT2D eigenvalue weighted by Gasteiger charge is -2.18. The molecule has 0 spiro atoms. The van der Waals surface area contributed by atoms with E-state index in [0.717, 1.165) is 173 Å². The molecule has 0 amide bonds. The van der Waals surface area contributed by atoms with Crippen LogP contribution in [0.25, 0.3) is 0 Å². The molecule has 0 aliphatic heterocycles. The molecule has 398 valence electrons. The highest BCUT2D eigenvalue weighted by atomic mass is 16.6. The highest BCUT2D eigenvalue weighted by Gasteiger charge is 2.19. The molecule has 0 aliphatic rings. The number of unbranched alkanes of at least 4 members (excludes halogenated alkanes) is 14. The van der Waals surface area contributed by atoms with Crippen molar-refractivity contribution in [2.75, 3.05) is 13.2 Å². The molecule has 0 saturated carbocycles. The molecule has 0 aromatic heterocycles. The van der Waals surface area contributed by atoms with Gasteiger partial charge in [-0.15, -0.1) is 0 Å². The summed E-state index contributed by atoms with van der Waals surface area (Å²) in [6, 6.07) is 0. The molecule has 0 radical (unpaired) electrons. The van der Waals surface area contributed by atoms with Crippen molar-refractivity contribution >= 4 is 17.9 Å². The molecule has 0 aromatic rings. The number of allylic oxidation sites excluding steroid dienone is 24. The van der Waals surface area contributed by atoms with Gasteiger partial charge in [-0.05, 0) is 135 Å². The van der Waals surface area contributed by atoms with Crippen molar-refractivity contribution in [1.29, 1.82) is 0 Å². The van der Waals surface area contributed by atoms with Crippen LogP contribution in [0.4, 0.5) is 0 Å². The molecule has 0 N–H and O–H groups in total. The Kier molecular flexibility index (Phi) is 54.0. The van der Waals surface area contributed by atoms with Crippen molar-refractivity contribution in [3.05, 3.63) is 146 Å². The second kappa shape index (κ2) is 57.9. The Morgan fingerprint density at radius 2 is 0.507 bits per heavy atom. The number of hydrogen-bond donors (Lipinski definition) is 0. The molecular weight excluding hydrogens is 877 g/mol. The summed E-state index contributed by atoms with van der Waals surface area (Å²) in [6.07, 6.45) is 82.6. The average Bonchev–Trinajstić information content (AvgIpc) is 3.37. The number of carbonyl (C=O) groups is 3. The number of carbonyl (C=O) groups excluding carboxylic acids is 3. The molecule has 0 saturated heterocycles. The highest BCUT2D eigenvalue weighted by molar-refractivity contribution is 5.71. The predicted molar refractivity (Wildman–Crippen MR) is 306 cm³/mol. The maximum Gasteiger partial charge on any atom is 0.306 e.